The summed E-state index contributed by atoms with van der Waals surface area (Å²) in [6, 6.07) is 4.98. The van der Waals surface area contributed by atoms with E-state index < -0.39 is 17.9 Å². The van der Waals surface area contributed by atoms with Crippen molar-refractivity contribution < 1.29 is 19.8 Å². The van der Waals surface area contributed by atoms with Gasteiger partial charge in [0.05, 0.1) is 0 Å². The molecule has 88 valence electrons. The van der Waals surface area contributed by atoms with Crippen molar-refractivity contribution in [1.29, 1.82) is 0 Å². The Kier molecular flexibility index (Phi) is 2.82. The first-order valence-electron chi connectivity index (χ1n) is 5.11. The van der Waals surface area contributed by atoms with E-state index in [2.05, 4.69) is 0 Å². The molecule has 0 fully saturated rings. The highest BCUT2D eigenvalue weighted by molar-refractivity contribution is 5.98. The van der Waals surface area contributed by atoms with Crippen LogP contribution in [0.1, 0.15) is 16.8 Å². The zero-order chi connectivity index (χ0) is 12.4. The number of nitrogens with zero attached hydrogens (tertiary/aromatic N) is 1. The molecule has 0 spiro atoms. The molecule has 1 atom stereocenters. The van der Waals surface area contributed by atoms with Gasteiger partial charge in [-0.05, 0) is 24.6 Å². The molecule has 5 heteroatoms. The van der Waals surface area contributed by atoms with Gasteiger partial charge in [-0.3, -0.25) is 4.79 Å². The lowest BCUT2D eigenvalue weighted by Gasteiger charge is -2.20. The van der Waals surface area contributed by atoms with Crippen LogP contribution < -0.4 is 0 Å². The molecule has 1 amide bonds. The fraction of sp³-hybridized carbons (Fsp3) is 0.167. The summed E-state index contributed by atoms with van der Waals surface area (Å²) in [4.78, 5) is 24.1. The number of hydrogen-bond acceptors (Lipinski definition) is 3. The molecule has 1 heterocycles. The Morgan fingerprint density at radius 2 is 2.12 bits per heavy atom. The Morgan fingerprint density at radius 1 is 1.35 bits per heavy atom. The molecule has 0 saturated heterocycles. The molecule has 0 aromatic heterocycles. The Bertz CT molecular complexity index is 495. The number of carboxylic acid groups (broad SMARTS) is 1. The average Bonchev–Trinajstić information content (AvgIpc) is 2.77. The lowest BCUT2D eigenvalue weighted by atomic mass is 10.1. The summed E-state index contributed by atoms with van der Waals surface area (Å²) in [6.45, 7) is 0. The standard InChI is InChI=1S/C12H11NO4/c14-9-4-1-3-8(7-9)11(15)13-6-2-5-10(13)12(16)17/h1-4,6-7,10,14H,5H2,(H,16,17)/t10-/m0/s1. The van der Waals surface area contributed by atoms with Gasteiger partial charge in [0.25, 0.3) is 5.91 Å². The number of aromatic hydroxyl groups is 1. The lowest BCUT2D eigenvalue weighted by Crippen LogP contribution is -2.38. The highest BCUT2D eigenvalue weighted by atomic mass is 16.4. The third-order valence-corrected chi connectivity index (χ3v) is 2.57. The molecule has 1 aliphatic rings. The van der Waals surface area contributed by atoms with Gasteiger partial charge in [-0.15, -0.1) is 0 Å². The van der Waals surface area contributed by atoms with Crippen molar-refractivity contribution >= 4 is 11.9 Å². The zero-order valence-electron chi connectivity index (χ0n) is 8.91. The highest BCUT2D eigenvalue weighted by Crippen LogP contribution is 2.20. The fourth-order valence-corrected chi connectivity index (χ4v) is 1.74. The monoisotopic (exact) mass is 233 g/mol. The predicted octanol–water partition coefficient (Wildman–Crippen LogP) is 1.20. The first-order chi connectivity index (χ1) is 8.09. The number of carbonyl (C=O) groups excluding carboxylic acids is 1. The Morgan fingerprint density at radius 3 is 2.76 bits per heavy atom. The highest BCUT2D eigenvalue weighted by Gasteiger charge is 2.31. The molecule has 2 rings (SSSR count). The summed E-state index contributed by atoms with van der Waals surface area (Å²) in [5, 5.41) is 18.2. The smallest absolute Gasteiger partial charge is 0.327 e. The number of phenolic OH excluding ortho intramolecular Hbond substituents is 1. The van der Waals surface area contributed by atoms with Crippen LogP contribution in [-0.2, 0) is 4.79 Å². The summed E-state index contributed by atoms with van der Waals surface area (Å²) in [5.41, 5.74) is 0.266. The zero-order valence-corrected chi connectivity index (χ0v) is 8.91. The maximum atomic E-state index is 12.0. The summed E-state index contributed by atoms with van der Waals surface area (Å²) >= 11 is 0. The Labute approximate surface area is 97.6 Å². The third-order valence-electron chi connectivity index (χ3n) is 2.57. The normalized spacial score (nSPS) is 18.4. The molecule has 1 aromatic carbocycles. The van der Waals surface area contributed by atoms with E-state index in [9.17, 15) is 14.7 Å². The second-order valence-electron chi connectivity index (χ2n) is 3.74. The number of rotatable bonds is 2. The van der Waals surface area contributed by atoms with Gasteiger partial charge in [0, 0.05) is 11.8 Å². The molecule has 1 aromatic rings. The van der Waals surface area contributed by atoms with E-state index in [0.717, 1.165) is 4.90 Å². The second-order valence-corrected chi connectivity index (χ2v) is 3.74. The van der Waals surface area contributed by atoms with Crippen LogP contribution in [0.5, 0.6) is 5.75 Å². The minimum atomic E-state index is -1.04. The van der Waals surface area contributed by atoms with Crippen LogP contribution in [-0.4, -0.2) is 33.0 Å². The molecule has 5 nitrogen and oxygen atoms in total. The van der Waals surface area contributed by atoms with Gasteiger partial charge in [0.1, 0.15) is 11.8 Å². The van der Waals surface area contributed by atoms with E-state index in [1.165, 1.54) is 30.5 Å². The molecule has 1 aliphatic heterocycles. The van der Waals surface area contributed by atoms with Crippen molar-refractivity contribution in [2.75, 3.05) is 0 Å². The van der Waals surface area contributed by atoms with Crippen LogP contribution in [0.2, 0.25) is 0 Å². The van der Waals surface area contributed by atoms with Gasteiger partial charge < -0.3 is 15.1 Å². The van der Waals surface area contributed by atoms with E-state index in [4.69, 9.17) is 5.11 Å². The van der Waals surface area contributed by atoms with Gasteiger partial charge in [-0.1, -0.05) is 12.1 Å². The summed E-state index contributed by atoms with van der Waals surface area (Å²) in [6.07, 6.45) is 3.41. The van der Waals surface area contributed by atoms with Crippen molar-refractivity contribution in [3.63, 3.8) is 0 Å². The van der Waals surface area contributed by atoms with Crippen molar-refractivity contribution in [3.8, 4) is 5.75 Å². The Hall–Kier alpha value is -2.30. The number of amides is 1. The molecule has 0 unspecified atom stereocenters. The van der Waals surface area contributed by atoms with Gasteiger partial charge >= 0.3 is 5.97 Å². The second kappa shape index (κ2) is 4.29. The van der Waals surface area contributed by atoms with Crippen molar-refractivity contribution in [2.24, 2.45) is 0 Å². The fourth-order valence-electron chi connectivity index (χ4n) is 1.74. The maximum absolute atomic E-state index is 12.0. The molecular weight excluding hydrogens is 222 g/mol. The molecule has 0 radical (unpaired) electrons. The first-order valence-corrected chi connectivity index (χ1v) is 5.11. The van der Waals surface area contributed by atoms with Crippen molar-refractivity contribution in [2.45, 2.75) is 12.5 Å². The van der Waals surface area contributed by atoms with Crippen LogP contribution in [0.25, 0.3) is 0 Å². The summed E-state index contributed by atoms with van der Waals surface area (Å²) in [5.74, 6) is -1.49. The van der Waals surface area contributed by atoms with Crippen molar-refractivity contribution in [3.05, 3.63) is 42.1 Å². The molecule has 0 aliphatic carbocycles. The van der Waals surface area contributed by atoms with Gasteiger partial charge in [0.15, 0.2) is 0 Å². The minimum Gasteiger partial charge on any atom is -0.508 e. The largest absolute Gasteiger partial charge is 0.508 e. The van der Waals surface area contributed by atoms with Crippen LogP contribution in [0, 0.1) is 0 Å². The van der Waals surface area contributed by atoms with Gasteiger partial charge in [0.2, 0.25) is 0 Å². The SMILES string of the molecule is O=C(O)[C@@H]1CC=CN1C(=O)c1cccc(O)c1. The van der Waals surface area contributed by atoms with E-state index in [1.54, 1.807) is 6.08 Å². The number of hydrogen-bond donors (Lipinski definition) is 2. The minimum absolute atomic E-state index is 0.0223. The summed E-state index contributed by atoms with van der Waals surface area (Å²) < 4.78 is 0. The quantitative estimate of drug-likeness (QED) is 0.804. The van der Waals surface area contributed by atoms with Crippen molar-refractivity contribution in [1.82, 2.24) is 4.90 Å². The molecule has 17 heavy (non-hydrogen) atoms. The van der Waals surface area contributed by atoms with Crippen LogP contribution in [0.4, 0.5) is 0 Å². The molecule has 2 N–H and O–H groups in total. The van der Waals surface area contributed by atoms with Gasteiger partial charge in [-0.2, -0.15) is 0 Å². The number of phenols is 1. The molecular formula is C12H11NO4. The maximum Gasteiger partial charge on any atom is 0.327 e. The molecule has 0 bridgehead atoms. The van der Waals surface area contributed by atoms with E-state index >= 15 is 0 Å². The lowest BCUT2D eigenvalue weighted by molar-refractivity contribution is -0.141. The van der Waals surface area contributed by atoms with Crippen LogP contribution >= 0.6 is 0 Å². The number of carboxylic acids is 1. The first kappa shape index (κ1) is 11.2. The topological polar surface area (TPSA) is 77.8 Å². The van der Waals surface area contributed by atoms with Gasteiger partial charge in [-0.25, -0.2) is 4.79 Å². The number of carbonyl (C=O) groups is 2. The van der Waals surface area contributed by atoms with E-state index in [1.807, 2.05) is 0 Å². The van der Waals surface area contributed by atoms with Crippen LogP contribution in [0.3, 0.4) is 0 Å². The van der Waals surface area contributed by atoms with Crippen LogP contribution in [0.15, 0.2) is 36.5 Å². The number of benzene rings is 1. The third kappa shape index (κ3) is 2.13. The Balaban J connectivity index is 2.26. The summed E-state index contributed by atoms with van der Waals surface area (Å²) in [7, 11) is 0. The van der Waals surface area contributed by atoms with E-state index in [0.29, 0.717) is 6.42 Å². The average molecular weight is 233 g/mol. The molecule has 0 saturated carbocycles. The number of aliphatic carboxylic acids is 1. The predicted molar refractivity (Wildman–Crippen MR) is 59.5 cm³/mol. The van der Waals surface area contributed by atoms with E-state index in [-0.39, 0.29) is 11.3 Å².